The molecule has 1 atom stereocenters. The molecule has 10 nitrogen and oxygen atoms in total. The van der Waals surface area contributed by atoms with Crippen LogP contribution >= 0.6 is 0 Å². The van der Waals surface area contributed by atoms with Gasteiger partial charge in [-0.15, -0.1) is 5.06 Å². The molecule has 0 N–H and O–H groups in total. The van der Waals surface area contributed by atoms with Crippen LogP contribution in [0.4, 0.5) is 9.59 Å². The summed E-state index contributed by atoms with van der Waals surface area (Å²) in [5.74, 6) is 0.000436. The number of benzene rings is 1. The summed E-state index contributed by atoms with van der Waals surface area (Å²) < 4.78 is 15.8. The Bertz CT molecular complexity index is 913. The summed E-state index contributed by atoms with van der Waals surface area (Å²) in [7, 11) is 2.97. The van der Waals surface area contributed by atoms with Gasteiger partial charge >= 0.3 is 12.2 Å². The lowest BCUT2D eigenvalue weighted by atomic mass is 9.90. The van der Waals surface area contributed by atoms with Crippen LogP contribution in [-0.2, 0) is 19.1 Å². The standard InChI is InChI=1S/C22H31N3O7/c1-20(2,3)30-18(27)25(32-19(28)31-21(4,5)6)22(7)16(23-24(8)17(22)26)14-10-12-15(29-9)13-11-14/h10-13H,1-9H3. The highest BCUT2D eigenvalue weighted by Gasteiger charge is 2.57. The summed E-state index contributed by atoms with van der Waals surface area (Å²) in [6.07, 6.45) is -2.21. The smallest absolute Gasteiger partial charge is 0.497 e. The van der Waals surface area contributed by atoms with Gasteiger partial charge in [0.25, 0.3) is 5.91 Å². The van der Waals surface area contributed by atoms with Crippen molar-refractivity contribution in [2.24, 2.45) is 5.10 Å². The number of nitrogens with zero attached hydrogens (tertiary/aromatic N) is 3. The van der Waals surface area contributed by atoms with Crippen molar-refractivity contribution in [1.29, 1.82) is 0 Å². The van der Waals surface area contributed by atoms with E-state index < -0.39 is 34.9 Å². The van der Waals surface area contributed by atoms with E-state index in [1.54, 1.807) is 65.8 Å². The number of amides is 2. The first-order valence-corrected chi connectivity index (χ1v) is 10.0. The molecule has 0 aliphatic carbocycles. The molecule has 0 aromatic heterocycles. The monoisotopic (exact) mass is 449 g/mol. The van der Waals surface area contributed by atoms with E-state index >= 15 is 0 Å². The van der Waals surface area contributed by atoms with Crippen LogP contribution in [0, 0.1) is 0 Å². The van der Waals surface area contributed by atoms with Crippen molar-refractivity contribution in [2.75, 3.05) is 14.2 Å². The van der Waals surface area contributed by atoms with Crippen molar-refractivity contribution in [2.45, 2.75) is 65.2 Å². The van der Waals surface area contributed by atoms with Crippen LogP contribution in [-0.4, -0.2) is 64.8 Å². The summed E-state index contributed by atoms with van der Waals surface area (Å²) in [4.78, 5) is 44.1. The first kappa shape index (κ1) is 25.0. The molecular weight excluding hydrogens is 418 g/mol. The summed E-state index contributed by atoms with van der Waals surface area (Å²) >= 11 is 0. The maximum atomic E-state index is 13.2. The predicted octanol–water partition coefficient (Wildman–Crippen LogP) is 3.73. The van der Waals surface area contributed by atoms with Crippen LogP contribution in [0.1, 0.15) is 54.0 Å². The fourth-order valence-corrected chi connectivity index (χ4v) is 2.94. The topological polar surface area (TPSA) is 107 Å². The van der Waals surface area contributed by atoms with E-state index in [-0.39, 0.29) is 5.71 Å². The van der Waals surface area contributed by atoms with Gasteiger partial charge in [-0.2, -0.15) is 5.10 Å². The zero-order valence-electron chi connectivity index (χ0n) is 20.0. The van der Waals surface area contributed by atoms with Gasteiger partial charge in [-0.3, -0.25) is 9.63 Å². The van der Waals surface area contributed by atoms with Crippen molar-refractivity contribution < 1.29 is 33.4 Å². The molecule has 0 fully saturated rings. The molecule has 32 heavy (non-hydrogen) atoms. The van der Waals surface area contributed by atoms with Gasteiger partial charge in [0, 0.05) is 12.6 Å². The molecule has 0 saturated heterocycles. The van der Waals surface area contributed by atoms with E-state index in [1.807, 2.05) is 0 Å². The molecule has 1 aliphatic heterocycles. The minimum absolute atomic E-state index is 0.182. The number of hydroxylamine groups is 2. The highest BCUT2D eigenvalue weighted by molar-refractivity contribution is 6.24. The van der Waals surface area contributed by atoms with Crippen LogP contribution in [0.3, 0.4) is 0 Å². The number of hydrogen-bond acceptors (Lipinski definition) is 8. The maximum Gasteiger partial charge on any atom is 0.534 e. The molecule has 1 aromatic carbocycles. The van der Waals surface area contributed by atoms with Crippen molar-refractivity contribution in [3.05, 3.63) is 29.8 Å². The maximum absolute atomic E-state index is 13.2. The van der Waals surface area contributed by atoms with Crippen molar-refractivity contribution >= 4 is 23.9 Å². The van der Waals surface area contributed by atoms with Crippen molar-refractivity contribution in [3.8, 4) is 5.75 Å². The normalized spacial score (nSPS) is 18.7. The average Bonchev–Trinajstić information content (AvgIpc) is 2.88. The summed E-state index contributed by atoms with van der Waals surface area (Å²) in [5, 5.41) is 5.97. The number of methoxy groups -OCH3 is 1. The Morgan fingerprint density at radius 1 is 1.00 bits per heavy atom. The van der Waals surface area contributed by atoms with Gasteiger partial charge in [0.05, 0.1) is 7.11 Å². The third-order valence-corrected chi connectivity index (χ3v) is 4.31. The molecule has 2 amide bonds. The third-order valence-electron chi connectivity index (χ3n) is 4.31. The first-order chi connectivity index (χ1) is 14.6. The fourth-order valence-electron chi connectivity index (χ4n) is 2.94. The second kappa shape index (κ2) is 8.68. The van der Waals surface area contributed by atoms with E-state index in [9.17, 15) is 14.4 Å². The molecule has 176 valence electrons. The number of carbonyl (C=O) groups excluding carboxylic acids is 3. The summed E-state index contributed by atoms with van der Waals surface area (Å²) in [6.45, 7) is 11.3. The Hall–Kier alpha value is -3.30. The lowest BCUT2D eigenvalue weighted by molar-refractivity contribution is -0.176. The second-order valence-electron chi connectivity index (χ2n) is 9.41. The molecule has 1 heterocycles. The number of hydrazone groups is 1. The minimum Gasteiger partial charge on any atom is -0.497 e. The van der Waals surface area contributed by atoms with Crippen molar-refractivity contribution in [1.82, 2.24) is 10.1 Å². The van der Waals surface area contributed by atoms with Gasteiger partial charge in [0.15, 0.2) is 0 Å². The lowest BCUT2D eigenvalue weighted by Gasteiger charge is -2.36. The quantitative estimate of drug-likeness (QED) is 0.511. The largest absolute Gasteiger partial charge is 0.534 e. The van der Waals surface area contributed by atoms with Crippen molar-refractivity contribution in [3.63, 3.8) is 0 Å². The zero-order valence-corrected chi connectivity index (χ0v) is 20.0. The number of ether oxygens (including phenoxy) is 3. The van der Waals surface area contributed by atoms with E-state index in [1.165, 1.54) is 21.1 Å². The highest BCUT2D eigenvalue weighted by Crippen LogP contribution is 2.32. The van der Waals surface area contributed by atoms with Crippen LogP contribution < -0.4 is 4.74 Å². The van der Waals surface area contributed by atoms with E-state index in [4.69, 9.17) is 19.0 Å². The Kier molecular flexibility index (Phi) is 6.77. The molecule has 2 rings (SSSR count). The number of carbonyl (C=O) groups is 3. The Morgan fingerprint density at radius 2 is 1.53 bits per heavy atom. The fraction of sp³-hybridized carbons (Fsp3) is 0.545. The number of likely N-dealkylation sites (N-methyl/N-ethyl adjacent to an activating group) is 1. The molecule has 1 aliphatic rings. The highest BCUT2D eigenvalue weighted by atomic mass is 16.8. The summed E-state index contributed by atoms with van der Waals surface area (Å²) in [5.41, 5.74) is -2.92. The molecule has 1 aromatic rings. The molecule has 1 unspecified atom stereocenters. The van der Waals surface area contributed by atoms with Gasteiger partial charge < -0.3 is 14.2 Å². The van der Waals surface area contributed by atoms with Gasteiger partial charge in [0.1, 0.15) is 22.7 Å². The third kappa shape index (κ3) is 5.49. The van der Waals surface area contributed by atoms with Crippen LogP contribution in [0.25, 0.3) is 0 Å². The molecule has 0 saturated carbocycles. The number of hydrogen-bond donors (Lipinski definition) is 0. The van der Waals surface area contributed by atoms with Gasteiger partial charge in [-0.05, 0) is 72.7 Å². The summed E-state index contributed by atoms with van der Waals surface area (Å²) in [6, 6.07) is 6.74. The molecule has 0 radical (unpaired) electrons. The van der Waals surface area contributed by atoms with E-state index in [2.05, 4.69) is 5.10 Å². The van der Waals surface area contributed by atoms with Gasteiger partial charge in [0.2, 0.25) is 5.54 Å². The molecule has 0 spiro atoms. The van der Waals surface area contributed by atoms with E-state index in [0.29, 0.717) is 16.4 Å². The number of rotatable bonds is 3. The average molecular weight is 450 g/mol. The van der Waals surface area contributed by atoms with Crippen LogP contribution in [0.5, 0.6) is 5.75 Å². The minimum atomic E-state index is -1.82. The van der Waals surface area contributed by atoms with Gasteiger partial charge in [-0.25, -0.2) is 14.6 Å². The van der Waals surface area contributed by atoms with E-state index in [0.717, 1.165) is 5.01 Å². The molecular formula is C22H31N3O7. The lowest BCUT2D eigenvalue weighted by Crippen LogP contribution is -2.61. The SMILES string of the molecule is COc1ccc(C2=NN(C)C(=O)C2(C)N(OC(=O)OC(C)(C)C)C(=O)OC(C)(C)C)cc1. The molecule has 10 heteroatoms. The Morgan fingerprint density at radius 3 is 2.00 bits per heavy atom. The van der Waals surface area contributed by atoms with Crippen LogP contribution in [0.2, 0.25) is 0 Å². The van der Waals surface area contributed by atoms with Gasteiger partial charge in [-0.1, -0.05) is 0 Å². The predicted molar refractivity (Wildman–Crippen MR) is 116 cm³/mol. The van der Waals surface area contributed by atoms with Crippen LogP contribution in [0.15, 0.2) is 29.4 Å². The second-order valence-corrected chi connectivity index (χ2v) is 9.41. The zero-order chi connectivity index (χ0) is 24.5. The first-order valence-electron chi connectivity index (χ1n) is 10.0. The molecule has 0 bridgehead atoms. The Balaban J connectivity index is 2.55. The Labute approximate surface area is 188 Å².